The van der Waals surface area contributed by atoms with Crippen LogP contribution in [0.25, 0.3) is 0 Å². The highest BCUT2D eigenvalue weighted by molar-refractivity contribution is 9.10. The van der Waals surface area contributed by atoms with Gasteiger partial charge in [-0.25, -0.2) is 0 Å². The molecule has 0 radical (unpaired) electrons. The molecule has 1 fully saturated rings. The molecule has 4 nitrogen and oxygen atoms in total. The predicted molar refractivity (Wildman–Crippen MR) is 121 cm³/mol. The molecule has 1 aliphatic carbocycles. The summed E-state index contributed by atoms with van der Waals surface area (Å²) in [4.78, 5) is 12.5. The molecule has 5 heteroatoms. The van der Waals surface area contributed by atoms with E-state index in [1.807, 2.05) is 30.3 Å². The van der Waals surface area contributed by atoms with Crippen LogP contribution >= 0.6 is 15.9 Å². The molecule has 1 amide bonds. The van der Waals surface area contributed by atoms with Crippen LogP contribution in [-0.4, -0.2) is 19.1 Å². The van der Waals surface area contributed by atoms with Crippen LogP contribution in [0, 0.1) is 5.92 Å². The van der Waals surface area contributed by atoms with Gasteiger partial charge in [0.15, 0.2) is 0 Å². The monoisotopic (exact) mass is 459 g/mol. The number of hydrogen-bond donors (Lipinski definition) is 1. The summed E-state index contributed by atoms with van der Waals surface area (Å²) in [6.45, 7) is 3.47. The number of amides is 1. The Morgan fingerprint density at radius 3 is 2.48 bits per heavy atom. The molecule has 0 saturated heterocycles. The topological polar surface area (TPSA) is 47.6 Å². The number of carbonyl (C=O) groups excluding carboxylic acids is 1. The van der Waals surface area contributed by atoms with Gasteiger partial charge in [-0.05, 0) is 77.2 Å². The van der Waals surface area contributed by atoms with Gasteiger partial charge in [-0.15, -0.1) is 0 Å². The largest absolute Gasteiger partial charge is 0.494 e. The van der Waals surface area contributed by atoms with Crippen LogP contribution in [0.5, 0.6) is 11.5 Å². The molecule has 1 aliphatic rings. The molecule has 0 bridgehead atoms. The minimum atomic E-state index is -0.154. The lowest BCUT2D eigenvalue weighted by Crippen LogP contribution is -2.12. The van der Waals surface area contributed by atoms with Gasteiger partial charge in [0.1, 0.15) is 11.5 Å². The van der Waals surface area contributed by atoms with Crippen molar-refractivity contribution in [2.75, 3.05) is 18.5 Å². The maximum absolute atomic E-state index is 12.5. The second-order valence-corrected chi connectivity index (χ2v) is 8.47. The lowest BCUT2D eigenvalue weighted by atomic mass is 9.87. The Labute approximate surface area is 182 Å². The zero-order valence-corrected chi connectivity index (χ0v) is 18.7. The second kappa shape index (κ2) is 11.2. The fourth-order valence-electron chi connectivity index (χ4n) is 3.63. The number of halogens is 1. The number of anilines is 1. The Morgan fingerprint density at radius 1 is 1.03 bits per heavy atom. The number of rotatable bonds is 9. The molecule has 0 aliphatic heterocycles. The maximum Gasteiger partial charge on any atom is 0.255 e. The van der Waals surface area contributed by atoms with Gasteiger partial charge in [0.25, 0.3) is 5.91 Å². The SMILES string of the molecule is CCCOc1ccc(C(=O)Nc2ccc(OCCC3CCCCC3)cc2)cc1Br. The molecule has 0 atom stereocenters. The molecule has 2 aromatic carbocycles. The minimum Gasteiger partial charge on any atom is -0.494 e. The summed E-state index contributed by atoms with van der Waals surface area (Å²) >= 11 is 3.47. The van der Waals surface area contributed by atoms with E-state index in [4.69, 9.17) is 9.47 Å². The van der Waals surface area contributed by atoms with Gasteiger partial charge < -0.3 is 14.8 Å². The van der Waals surface area contributed by atoms with E-state index in [1.54, 1.807) is 12.1 Å². The van der Waals surface area contributed by atoms with Crippen LogP contribution in [0.3, 0.4) is 0 Å². The van der Waals surface area contributed by atoms with Crippen molar-refractivity contribution in [3.8, 4) is 11.5 Å². The number of ether oxygens (including phenoxy) is 2. The average Bonchev–Trinajstić information content (AvgIpc) is 2.75. The van der Waals surface area contributed by atoms with Crippen molar-refractivity contribution in [1.82, 2.24) is 0 Å². The second-order valence-electron chi connectivity index (χ2n) is 7.61. The molecule has 29 heavy (non-hydrogen) atoms. The van der Waals surface area contributed by atoms with Crippen molar-refractivity contribution in [2.24, 2.45) is 5.92 Å². The molecule has 0 heterocycles. The number of hydrogen-bond acceptors (Lipinski definition) is 3. The summed E-state index contributed by atoms with van der Waals surface area (Å²) in [6, 6.07) is 12.9. The number of nitrogens with one attached hydrogen (secondary N) is 1. The first-order chi connectivity index (χ1) is 14.2. The van der Waals surface area contributed by atoms with Crippen LogP contribution < -0.4 is 14.8 Å². The van der Waals surface area contributed by atoms with Crippen LogP contribution in [0.15, 0.2) is 46.9 Å². The fourth-order valence-corrected chi connectivity index (χ4v) is 4.12. The van der Waals surface area contributed by atoms with E-state index in [0.717, 1.165) is 47.0 Å². The standard InChI is InChI=1S/C24H30BrNO3/c1-2-15-29-23-13-8-19(17-22(23)25)24(27)26-20-9-11-21(12-10-20)28-16-14-18-6-4-3-5-7-18/h8-13,17-18H,2-7,14-16H2,1H3,(H,26,27). The van der Waals surface area contributed by atoms with E-state index in [0.29, 0.717) is 12.2 Å². The molecule has 156 valence electrons. The van der Waals surface area contributed by atoms with Crippen molar-refractivity contribution in [3.63, 3.8) is 0 Å². The molecular formula is C24H30BrNO3. The molecular weight excluding hydrogens is 430 g/mol. The zero-order chi connectivity index (χ0) is 20.5. The van der Waals surface area contributed by atoms with Gasteiger partial charge >= 0.3 is 0 Å². The minimum absolute atomic E-state index is 0.154. The van der Waals surface area contributed by atoms with Crippen LogP contribution in [0.4, 0.5) is 5.69 Å². The van der Waals surface area contributed by atoms with Gasteiger partial charge in [-0.3, -0.25) is 4.79 Å². The Hall–Kier alpha value is -2.01. The Bertz CT molecular complexity index is 785. The normalized spacial score (nSPS) is 14.4. The Kier molecular flexibility index (Phi) is 8.41. The van der Waals surface area contributed by atoms with Crippen molar-refractivity contribution in [1.29, 1.82) is 0 Å². The van der Waals surface area contributed by atoms with Crippen molar-refractivity contribution in [3.05, 3.63) is 52.5 Å². The van der Waals surface area contributed by atoms with E-state index < -0.39 is 0 Å². The summed E-state index contributed by atoms with van der Waals surface area (Å²) < 4.78 is 12.3. The molecule has 1 saturated carbocycles. The number of carbonyl (C=O) groups is 1. The molecule has 3 rings (SSSR count). The van der Waals surface area contributed by atoms with Crippen molar-refractivity contribution in [2.45, 2.75) is 51.9 Å². The Balaban J connectivity index is 1.48. The first-order valence-electron chi connectivity index (χ1n) is 10.6. The zero-order valence-electron chi connectivity index (χ0n) is 17.1. The lowest BCUT2D eigenvalue weighted by molar-refractivity contribution is 0.102. The fraction of sp³-hybridized carbons (Fsp3) is 0.458. The highest BCUT2D eigenvalue weighted by atomic mass is 79.9. The van der Waals surface area contributed by atoms with Crippen LogP contribution in [0.1, 0.15) is 62.2 Å². The molecule has 0 spiro atoms. The number of benzene rings is 2. The van der Waals surface area contributed by atoms with Gasteiger partial charge in [-0.1, -0.05) is 39.0 Å². The van der Waals surface area contributed by atoms with Gasteiger partial charge in [0, 0.05) is 11.3 Å². The molecule has 0 unspecified atom stereocenters. The van der Waals surface area contributed by atoms with E-state index in [-0.39, 0.29) is 5.91 Å². The van der Waals surface area contributed by atoms with Crippen LogP contribution in [-0.2, 0) is 0 Å². The summed E-state index contributed by atoms with van der Waals surface area (Å²) in [5.41, 5.74) is 1.32. The van der Waals surface area contributed by atoms with E-state index in [2.05, 4.69) is 28.2 Å². The summed E-state index contributed by atoms with van der Waals surface area (Å²) in [5, 5.41) is 2.93. The third-order valence-electron chi connectivity index (χ3n) is 5.29. The van der Waals surface area contributed by atoms with Gasteiger partial charge in [0.05, 0.1) is 17.7 Å². The van der Waals surface area contributed by atoms with Crippen molar-refractivity contribution >= 4 is 27.5 Å². The van der Waals surface area contributed by atoms with Crippen LogP contribution in [0.2, 0.25) is 0 Å². The molecule has 1 N–H and O–H groups in total. The smallest absolute Gasteiger partial charge is 0.255 e. The first-order valence-corrected chi connectivity index (χ1v) is 11.4. The third-order valence-corrected chi connectivity index (χ3v) is 5.91. The summed E-state index contributed by atoms with van der Waals surface area (Å²) in [6.07, 6.45) is 8.87. The predicted octanol–water partition coefficient (Wildman–Crippen LogP) is 6.84. The highest BCUT2D eigenvalue weighted by Crippen LogP contribution is 2.28. The van der Waals surface area contributed by atoms with E-state index in [9.17, 15) is 4.79 Å². The molecule has 0 aromatic heterocycles. The summed E-state index contributed by atoms with van der Waals surface area (Å²) in [5.74, 6) is 2.26. The lowest BCUT2D eigenvalue weighted by Gasteiger charge is -2.21. The highest BCUT2D eigenvalue weighted by Gasteiger charge is 2.13. The van der Waals surface area contributed by atoms with E-state index >= 15 is 0 Å². The van der Waals surface area contributed by atoms with Crippen molar-refractivity contribution < 1.29 is 14.3 Å². The van der Waals surface area contributed by atoms with Gasteiger partial charge in [0.2, 0.25) is 0 Å². The maximum atomic E-state index is 12.5. The third kappa shape index (κ3) is 6.77. The quantitative estimate of drug-likeness (QED) is 0.446. The first kappa shape index (κ1) is 21.7. The summed E-state index contributed by atoms with van der Waals surface area (Å²) in [7, 11) is 0. The average molecular weight is 460 g/mol. The van der Waals surface area contributed by atoms with Gasteiger partial charge in [-0.2, -0.15) is 0 Å². The van der Waals surface area contributed by atoms with E-state index in [1.165, 1.54) is 32.1 Å². The molecule has 2 aromatic rings. The Morgan fingerprint density at radius 2 is 1.79 bits per heavy atom.